The van der Waals surface area contributed by atoms with E-state index in [1.165, 1.54) is 6.07 Å². The molecule has 0 saturated carbocycles. The summed E-state index contributed by atoms with van der Waals surface area (Å²) in [6.07, 6.45) is 1.42. The third kappa shape index (κ3) is 2.54. The molecule has 0 fully saturated rings. The van der Waals surface area contributed by atoms with E-state index in [1.807, 2.05) is 6.92 Å². The van der Waals surface area contributed by atoms with Gasteiger partial charge in [0.2, 0.25) is 0 Å². The van der Waals surface area contributed by atoms with Crippen LogP contribution < -0.4 is 0 Å². The fourth-order valence-electron chi connectivity index (χ4n) is 2.40. The molecule has 1 aliphatic heterocycles. The highest BCUT2D eigenvalue weighted by molar-refractivity contribution is 6.22. The van der Waals surface area contributed by atoms with Crippen molar-refractivity contribution in [3.05, 3.63) is 39.4 Å². The van der Waals surface area contributed by atoms with Gasteiger partial charge >= 0.3 is 5.97 Å². The van der Waals surface area contributed by atoms with Crippen LogP contribution in [0.15, 0.2) is 18.2 Å². The average molecular weight is 306 g/mol. The number of carbonyl (C=O) groups excluding carboxylic acids is 2. The van der Waals surface area contributed by atoms with Crippen molar-refractivity contribution in [2.24, 2.45) is 0 Å². The lowest BCUT2D eigenvalue weighted by Crippen LogP contribution is -2.44. The van der Waals surface area contributed by atoms with Crippen molar-refractivity contribution < 1.29 is 24.4 Å². The standard InChI is InChI=1S/C14H14N2O6/c1-2-3-4-11(14(19)20)15-12(17)9-6-5-8(16(21)22)7-10(9)13(15)18/h5-7,11H,2-4H2,1H3,(H,19,20). The van der Waals surface area contributed by atoms with Gasteiger partial charge in [0, 0.05) is 12.1 Å². The SMILES string of the molecule is CCCCC(C(=O)O)N1C(=O)c2ccc([N+](=O)[O-])cc2C1=O. The number of nitrogens with zero attached hydrogens (tertiary/aromatic N) is 2. The molecule has 116 valence electrons. The van der Waals surface area contributed by atoms with Gasteiger partial charge in [0.05, 0.1) is 16.1 Å². The van der Waals surface area contributed by atoms with Crippen molar-refractivity contribution in [3.8, 4) is 0 Å². The Bertz CT molecular complexity index is 669. The first-order valence-corrected chi connectivity index (χ1v) is 6.77. The van der Waals surface area contributed by atoms with E-state index in [-0.39, 0.29) is 23.2 Å². The Kier molecular flexibility index (Phi) is 4.20. The quantitative estimate of drug-likeness (QED) is 0.486. The van der Waals surface area contributed by atoms with Crippen molar-refractivity contribution >= 4 is 23.5 Å². The van der Waals surface area contributed by atoms with Crippen LogP contribution in [0.1, 0.15) is 46.9 Å². The first kappa shape index (κ1) is 15.6. The topological polar surface area (TPSA) is 118 Å². The summed E-state index contributed by atoms with van der Waals surface area (Å²) < 4.78 is 0. The number of carboxylic acids is 1. The molecule has 8 heteroatoms. The Morgan fingerprint density at radius 1 is 1.32 bits per heavy atom. The molecule has 0 saturated heterocycles. The molecule has 1 aromatic rings. The maximum absolute atomic E-state index is 12.3. The number of non-ortho nitro benzene ring substituents is 1. The van der Waals surface area contributed by atoms with E-state index in [9.17, 15) is 29.6 Å². The first-order valence-electron chi connectivity index (χ1n) is 6.77. The summed E-state index contributed by atoms with van der Waals surface area (Å²) in [7, 11) is 0. The minimum absolute atomic E-state index is 0.00153. The van der Waals surface area contributed by atoms with Crippen LogP contribution in [0.3, 0.4) is 0 Å². The third-order valence-corrected chi connectivity index (χ3v) is 3.54. The lowest BCUT2D eigenvalue weighted by molar-refractivity contribution is -0.384. The lowest BCUT2D eigenvalue weighted by atomic mass is 10.1. The summed E-state index contributed by atoms with van der Waals surface area (Å²) in [5.41, 5.74) is -0.442. The number of hydrogen-bond donors (Lipinski definition) is 1. The predicted octanol–water partition coefficient (Wildman–Crippen LogP) is 1.83. The lowest BCUT2D eigenvalue weighted by Gasteiger charge is -2.22. The number of rotatable bonds is 6. The van der Waals surface area contributed by atoms with Crippen molar-refractivity contribution in [1.82, 2.24) is 4.90 Å². The highest BCUT2D eigenvalue weighted by Gasteiger charge is 2.43. The van der Waals surface area contributed by atoms with Crippen molar-refractivity contribution in [1.29, 1.82) is 0 Å². The molecule has 2 amide bonds. The maximum atomic E-state index is 12.3. The van der Waals surface area contributed by atoms with E-state index in [0.717, 1.165) is 18.6 Å². The molecule has 0 aliphatic carbocycles. The van der Waals surface area contributed by atoms with E-state index in [1.54, 1.807) is 0 Å². The van der Waals surface area contributed by atoms with Crippen molar-refractivity contribution in [2.75, 3.05) is 0 Å². The van der Waals surface area contributed by atoms with Crippen LogP contribution in [0.5, 0.6) is 0 Å². The van der Waals surface area contributed by atoms with Crippen LogP contribution in [-0.2, 0) is 4.79 Å². The van der Waals surface area contributed by atoms with Gasteiger partial charge < -0.3 is 5.11 Å². The number of nitro groups is 1. The molecule has 22 heavy (non-hydrogen) atoms. The summed E-state index contributed by atoms with van der Waals surface area (Å²) in [6, 6.07) is 2.06. The predicted molar refractivity (Wildman–Crippen MR) is 74.5 cm³/mol. The van der Waals surface area contributed by atoms with Crippen LogP contribution in [0.25, 0.3) is 0 Å². The summed E-state index contributed by atoms with van der Waals surface area (Å²) in [4.78, 5) is 46.7. The molecule has 8 nitrogen and oxygen atoms in total. The third-order valence-electron chi connectivity index (χ3n) is 3.54. The van der Waals surface area contributed by atoms with Crippen LogP contribution in [0.2, 0.25) is 0 Å². The van der Waals surface area contributed by atoms with Crippen LogP contribution >= 0.6 is 0 Å². The number of aliphatic carboxylic acids is 1. The number of hydrogen-bond acceptors (Lipinski definition) is 5. The number of unbranched alkanes of at least 4 members (excludes halogenated alkanes) is 1. The van der Waals surface area contributed by atoms with Gasteiger partial charge in [-0.05, 0) is 12.5 Å². The largest absolute Gasteiger partial charge is 0.480 e. The number of benzene rings is 1. The second kappa shape index (κ2) is 5.92. The van der Waals surface area contributed by atoms with E-state index < -0.39 is 28.7 Å². The Balaban J connectivity index is 2.40. The summed E-state index contributed by atoms with van der Waals surface area (Å²) in [6.45, 7) is 1.87. The molecule has 0 radical (unpaired) electrons. The van der Waals surface area contributed by atoms with Crippen LogP contribution in [0.4, 0.5) is 5.69 Å². The first-order chi connectivity index (χ1) is 10.4. The zero-order valence-electron chi connectivity index (χ0n) is 11.8. The van der Waals surface area contributed by atoms with Gasteiger partial charge in [-0.25, -0.2) is 4.79 Å². The smallest absolute Gasteiger partial charge is 0.326 e. The molecule has 2 rings (SSSR count). The summed E-state index contributed by atoms with van der Waals surface area (Å²) in [5.74, 6) is -2.79. The number of carboxylic acid groups (broad SMARTS) is 1. The maximum Gasteiger partial charge on any atom is 0.326 e. The molecule has 1 N–H and O–H groups in total. The number of fused-ring (bicyclic) bond motifs is 1. The van der Waals surface area contributed by atoms with Gasteiger partial charge in [-0.1, -0.05) is 19.8 Å². The normalized spacial score (nSPS) is 14.9. The zero-order chi connectivity index (χ0) is 16.4. The molecule has 1 aromatic carbocycles. The molecule has 1 atom stereocenters. The minimum atomic E-state index is -1.27. The molecule has 1 aliphatic rings. The second-order valence-corrected chi connectivity index (χ2v) is 4.96. The fourth-order valence-corrected chi connectivity index (χ4v) is 2.40. The molecule has 0 spiro atoms. The average Bonchev–Trinajstić information content (AvgIpc) is 2.72. The van der Waals surface area contributed by atoms with Crippen molar-refractivity contribution in [2.45, 2.75) is 32.2 Å². The molecule has 1 unspecified atom stereocenters. The van der Waals surface area contributed by atoms with Crippen molar-refractivity contribution in [3.63, 3.8) is 0 Å². The Hall–Kier alpha value is -2.77. The Morgan fingerprint density at radius 2 is 1.95 bits per heavy atom. The van der Waals surface area contributed by atoms with Gasteiger partial charge in [0.15, 0.2) is 0 Å². The van der Waals surface area contributed by atoms with Crippen LogP contribution in [-0.4, -0.2) is 38.8 Å². The van der Waals surface area contributed by atoms with E-state index in [2.05, 4.69) is 0 Å². The second-order valence-electron chi connectivity index (χ2n) is 4.96. The molecule has 0 aromatic heterocycles. The van der Waals surface area contributed by atoms with E-state index in [0.29, 0.717) is 11.3 Å². The molecular formula is C14H14N2O6. The van der Waals surface area contributed by atoms with Crippen LogP contribution in [0, 0.1) is 10.1 Å². The zero-order valence-corrected chi connectivity index (χ0v) is 11.8. The highest BCUT2D eigenvalue weighted by atomic mass is 16.6. The summed E-state index contributed by atoms with van der Waals surface area (Å²) >= 11 is 0. The molecular weight excluding hydrogens is 292 g/mol. The van der Waals surface area contributed by atoms with Gasteiger partial charge in [0.1, 0.15) is 6.04 Å². The number of imide groups is 1. The number of nitro benzene ring substituents is 1. The van der Waals surface area contributed by atoms with E-state index in [4.69, 9.17) is 0 Å². The fraction of sp³-hybridized carbons (Fsp3) is 0.357. The highest BCUT2D eigenvalue weighted by Crippen LogP contribution is 2.29. The van der Waals surface area contributed by atoms with Gasteiger partial charge in [-0.2, -0.15) is 0 Å². The van der Waals surface area contributed by atoms with Gasteiger partial charge in [-0.3, -0.25) is 24.6 Å². The Labute approximate surface area is 125 Å². The van der Waals surface area contributed by atoms with E-state index >= 15 is 0 Å². The van der Waals surface area contributed by atoms with Gasteiger partial charge in [-0.15, -0.1) is 0 Å². The summed E-state index contributed by atoms with van der Waals surface area (Å²) in [5, 5.41) is 20.0. The molecule has 0 bridgehead atoms. The minimum Gasteiger partial charge on any atom is -0.480 e. The number of amides is 2. The number of carbonyl (C=O) groups is 3. The monoisotopic (exact) mass is 306 g/mol. The van der Waals surface area contributed by atoms with Gasteiger partial charge in [0.25, 0.3) is 17.5 Å². The Morgan fingerprint density at radius 3 is 2.50 bits per heavy atom. The molecule has 1 heterocycles.